The zero-order valence-electron chi connectivity index (χ0n) is 12.8. The van der Waals surface area contributed by atoms with Crippen molar-refractivity contribution in [3.05, 3.63) is 22.7 Å². The van der Waals surface area contributed by atoms with Gasteiger partial charge in [0.25, 0.3) is 0 Å². The number of nitrogens with one attached hydrogen (secondary N) is 2. The van der Waals surface area contributed by atoms with Gasteiger partial charge in [0.15, 0.2) is 0 Å². The van der Waals surface area contributed by atoms with Crippen LogP contribution < -0.4 is 15.4 Å². The number of ether oxygens (including phenoxy) is 1. The van der Waals surface area contributed by atoms with Crippen LogP contribution >= 0.6 is 15.9 Å². The molecule has 0 radical (unpaired) electrons. The Morgan fingerprint density at radius 2 is 2.24 bits per heavy atom. The van der Waals surface area contributed by atoms with Gasteiger partial charge in [-0.15, -0.1) is 0 Å². The first-order valence-corrected chi connectivity index (χ1v) is 8.10. The van der Waals surface area contributed by atoms with Crippen molar-refractivity contribution in [3.8, 4) is 5.75 Å². The Balaban J connectivity index is 2.09. The minimum Gasteiger partial charge on any atom is -0.495 e. The average Bonchev–Trinajstić information content (AvgIpc) is 2.50. The number of methoxy groups -OCH3 is 1. The van der Waals surface area contributed by atoms with E-state index < -0.39 is 5.41 Å². The van der Waals surface area contributed by atoms with E-state index in [9.17, 15) is 4.79 Å². The van der Waals surface area contributed by atoms with Crippen LogP contribution in [0.2, 0.25) is 0 Å². The third-order valence-electron chi connectivity index (χ3n) is 4.31. The van der Waals surface area contributed by atoms with Gasteiger partial charge in [0.1, 0.15) is 5.75 Å². The highest BCUT2D eigenvalue weighted by molar-refractivity contribution is 9.10. The molecule has 0 bridgehead atoms. The maximum Gasteiger partial charge on any atom is 0.230 e. The van der Waals surface area contributed by atoms with Crippen LogP contribution in [0.3, 0.4) is 0 Å². The van der Waals surface area contributed by atoms with E-state index in [1.807, 2.05) is 32.0 Å². The van der Waals surface area contributed by atoms with Crippen molar-refractivity contribution in [2.24, 2.45) is 11.3 Å². The van der Waals surface area contributed by atoms with Crippen LogP contribution in [0.15, 0.2) is 22.7 Å². The van der Waals surface area contributed by atoms with Crippen LogP contribution in [0, 0.1) is 11.3 Å². The maximum atomic E-state index is 12.6. The number of carbonyl (C=O) groups is 1. The van der Waals surface area contributed by atoms with E-state index in [4.69, 9.17) is 4.74 Å². The Morgan fingerprint density at radius 3 is 2.86 bits per heavy atom. The Labute approximate surface area is 134 Å². The molecule has 5 heteroatoms. The first-order chi connectivity index (χ1) is 9.95. The Hall–Kier alpha value is -1.07. The van der Waals surface area contributed by atoms with Crippen molar-refractivity contribution >= 4 is 27.5 Å². The SMILES string of the molecule is COc1cc(NC(=O)C(C)(C)C2CCCNC2)ccc1Br. The van der Waals surface area contributed by atoms with E-state index in [1.54, 1.807) is 7.11 Å². The van der Waals surface area contributed by atoms with E-state index in [0.717, 1.165) is 36.1 Å². The molecule has 1 aromatic carbocycles. The molecule has 2 N–H and O–H groups in total. The molecule has 1 heterocycles. The van der Waals surface area contributed by atoms with Crippen LogP contribution in [-0.4, -0.2) is 26.1 Å². The Kier molecular flexibility index (Phi) is 5.27. The maximum absolute atomic E-state index is 12.6. The number of piperidine rings is 1. The van der Waals surface area contributed by atoms with E-state index in [-0.39, 0.29) is 5.91 Å². The van der Waals surface area contributed by atoms with Gasteiger partial charge in [0.05, 0.1) is 11.6 Å². The Morgan fingerprint density at radius 1 is 1.48 bits per heavy atom. The van der Waals surface area contributed by atoms with Crippen LogP contribution in [0.25, 0.3) is 0 Å². The summed E-state index contributed by atoms with van der Waals surface area (Å²) in [5.74, 6) is 1.13. The van der Waals surface area contributed by atoms with Crippen molar-refractivity contribution < 1.29 is 9.53 Å². The molecule has 1 aliphatic heterocycles. The topological polar surface area (TPSA) is 50.4 Å². The summed E-state index contributed by atoms with van der Waals surface area (Å²) in [6, 6.07) is 5.58. The molecule has 0 aromatic heterocycles. The summed E-state index contributed by atoms with van der Waals surface area (Å²) >= 11 is 3.41. The van der Waals surface area contributed by atoms with E-state index in [1.165, 1.54) is 0 Å². The zero-order chi connectivity index (χ0) is 15.5. The second-order valence-corrected chi connectivity index (χ2v) is 6.92. The summed E-state index contributed by atoms with van der Waals surface area (Å²) in [5.41, 5.74) is 0.366. The lowest BCUT2D eigenvalue weighted by molar-refractivity contribution is -0.127. The van der Waals surface area contributed by atoms with Gasteiger partial charge >= 0.3 is 0 Å². The largest absolute Gasteiger partial charge is 0.495 e. The minimum atomic E-state index is -0.395. The highest BCUT2D eigenvalue weighted by atomic mass is 79.9. The van der Waals surface area contributed by atoms with Crippen LogP contribution in [-0.2, 0) is 4.79 Å². The number of carbonyl (C=O) groups excluding carboxylic acids is 1. The summed E-state index contributed by atoms with van der Waals surface area (Å²) in [7, 11) is 1.61. The monoisotopic (exact) mass is 354 g/mol. The van der Waals surface area contributed by atoms with Crippen molar-refractivity contribution in [1.29, 1.82) is 0 Å². The highest BCUT2D eigenvalue weighted by Crippen LogP contribution is 2.34. The molecule has 1 amide bonds. The molecule has 116 valence electrons. The molecule has 0 spiro atoms. The van der Waals surface area contributed by atoms with Crippen LogP contribution in [0.1, 0.15) is 26.7 Å². The highest BCUT2D eigenvalue weighted by Gasteiger charge is 2.37. The summed E-state index contributed by atoms with van der Waals surface area (Å²) in [5, 5.41) is 6.39. The number of hydrogen-bond donors (Lipinski definition) is 2. The van der Waals surface area contributed by atoms with Gasteiger partial charge in [-0.25, -0.2) is 0 Å². The van der Waals surface area contributed by atoms with E-state index in [0.29, 0.717) is 11.7 Å². The van der Waals surface area contributed by atoms with Crippen molar-refractivity contribution in [3.63, 3.8) is 0 Å². The molecular formula is C16H23BrN2O2. The van der Waals surface area contributed by atoms with Gasteiger partial charge < -0.3 is 15.4 Å². The fraction of sp³-hybridized carbons (Fsp3) is 0.562. The van der Waals surface area contributed by atoms with E-state index in [2.05, 4.69) is 26.6 Å². The number of hydrogen-bond acceptors (Lipinski definition) is 3. The van der Waals surface area contributed by atoms with Crippen molar-refractivity contribution in [1.82, 2.24) is 5.32 Å². The number of rotatable bonds is 4. The molecule has 2 rings (SSSR count). The summed E-state index contributed by atoms with van der Waals surface area (Å²) < 4.78 is 6.13. The smallest absolute Gasteiger partial charge is 0.230 e. The standard InChI is InChI=1S/C16H23BrN2O2/c1-16(2,11-5-4-8-18-10-11)15(20)19-12-6-7-13(17)14(9-12)21-3/h6-7,9,11,18H,4-5,8,10H2,1-3H3,(H,19,20). The second kappa shape index (κ2) is 6.79. The third kappa shape index (κ3) is 3.77. The molecule has 1 fully saturated rings. The van der Waals surface area contributed by atoms with Crippen LogP contribution in [0.4, 0.5) is 5.69 Å². The quantitative estimate of drug-likeness (QED) is 0.870. The minimum absolute atomic E-state index is 0.0561. The second-order valence-electron chi connectivity index (χ2n) is 6.07. The Bertz CT molecular complexity index is 511. The van der Waals surface area contributed by atoms with Gasteiger partial charge in [-0.1, -0.05) is 13.8 Å². The fourth-order valence-electron chi connectivity index (χ4n) is 2.68. The first kappa shape index (κ1) is 16.3. The molecule has 21 heavy (non-hydrogen) atoms. The molecule has 1 atom stereocenters. The molecule has 1 unspecified atom stereocenters. The fourth-order valence-corrected chi connectivity index (χ4v) is 3.09. The summed E-state index contributed by atoms with van der Waals surface area (Å²) in [6.45, 7) is 6.01. The third-order valence-corrected chi connectivity index (χ3v) is 4.97. The van der Waals surface area contributed by atoms with Gasteiger partial charge in [-0.05, 0) is 59.9 Å². The summed E-state index contributed by atoms with van der Waals surface area (Å²) in [6.07, 6.45) is 2.23. The lowest BCUT2D eigenvalue weighted by atomic mass is 9.74. The predicted octanol–water partition coefficient (Wildman–Crippen LogP) is 3.42. The lowest BCUT2D eigenvalue weighted by Crippen LogP contribution is -2.44. The van der Waals surface area contributed by atoms with Gasteiger partial charge in [-0.2, -0.15) is 0 Å². The lowest BCUT2D eigenvalue weighted by Gasteiger charge is -2.36. The zero-order valence-corrected chi connectivity index (χ0v) is 14.4. The molecule has 1 saturated heterocycles. The molecule has 1 aliphatic rings. The molecule has 4 nitrogen and oxygen atoms in total. The van der Waals surface area contributed by atoms with E-state index >= 15 is 0 Å². The first-order valence-electron chi connectivity index (χ1n) is 7.31. The van der Waals surface area contributed by atoms with Crippen molar-refractivity contribution in [2.75, 3.05) is 25.5 Å². The number of amides is 1. The van der Waals surface area contributed by atoms with Gasteiger partial charge in [0.2, 0.25) is 5.91 Å². The average molecular weight is 355 g/mol. The van der Waals surface area contributed by atoms with Crippen molar-refractivity contribution in [2.45, 2.75) is 26.7 Å². The normalized spacial score (nSPS) is 19.1. The van der Waals surface area contributed by atoms with Gasteiger partial charge in [0, 0.05) is 17.2 Å². The molecule has 0 aliphatic carbocycles. The predicted molar refractivity (Wildman–Crippen MR) is 88.7 cm³/mol. The number of anilines is 1. The molecule has 1 aromatic rings. The number of benzene rings is 1. The van der Waals surface area contributed by atoms with Crippen LogP contribution in [0.5, 0.6) is 5.75 Å². The molecule has 0 saturated carbocycles. The van der Waals surface area contributed by atoms with Gasteiger partial charge in [-0.3, -0.25) is 4.79 Å². The summed E-state index contributed by atoms with van der Waals surface area (Å²) in [4.78, 5) is 12.6. The number of halogens is 1. The molecular weight excluding hydrogens is 332 g/mol.